The molecule has 5 heteroatoms. The zero-order valence-electron chi connectivity index (χ0n) is 10.3. The summed E-state index contributed by atoms with van der Waals surface area (Å²) in [6.45, 7) is 1.97. The number of anilines is 1. The predicted molar refractivity (Wildman–Crippen MR) is 77.3 cm³/mol. The molecule has 0 saturated carbocycles. The number of hydrogen-bond donors (Lipinski definition) is 1. The highest BCUT2D eigenvalue weighted by atomic mass is 35.5. The number of halogens is 1. The van der Waals surface area contributed by atoms with Crippen LogP contribution in [0.5, 0.6) is 0 Å². The van der Waals surface area contributed by atoms with Crippen LogP contribution in [-0.4, -0.2) is 17.0 Å². The first-order valence-electron chi connectivity index (χ1n) is 5.58. The van der Waals surface area contributed by atoms with Crippen molar-refractivity contribution < 1.29 is 0 Å². The molecule has 0 fully saturated rings. The number of thioether (sulfide) groups is 1. The Kier molecular flexibility index (Phi) is 4.44. The fourth-order valence-electron chi connectivity index (χ4n) is 1.50. The van der Waals surface area contributed by atoms with Crippen molar-refractivity contribution in [3.63, 3.8) is 0 Å². The molecule has 0 aliphatic heterocycles. The van der Waals surface area contributed by atoms with Crippen LogP contribution < -0.4 is 5.32 Å². The maximum absolute atomic E-state index is 5.85. The SMILES string of the molecule is CNc1cc(C)nc(CSc2ccc(Cl)cc2)n1. The largest absolute Gasteiger partial charge is 0.373 e. The van der Waals surface area contributed by atoms with Crippen LogP contribution in [0.15, 0.2) is 35.2 Å². The van der Waals surface area contributed by atoms with Crippen molar-refractivity contribution in [2.45, 2.75) is 17.6 Å². The Balaban J connectivity index is 2.05. The fraction of sp³-hybridized carbons (Fsp3) is 0.231. The van der Waals surface area contributed by atoms with E-state index in [1.807, 2.05) is 44.3 Å². The van der Waals surface area contributed by atoms with Gasteiger partial charge in [-0.15, -0.1) is 11.8 Å². The van der Waals surface area contributed by atoms with Crippen LogP contribution in [0, 0.1) is 6.92 Å². The summed E-state index contributed by atoms with van der Waals surface area (Å²) in [7, 11) is 1.86. The number of nitrogens with zero attached hydrogens (tertiary/aromatic N) is 2. The van der Waals surface area contributed by atoms with E-state index in [1.54, 1.807) is 11.8 Å². The lowest BCUT2D eigenvalue weighted by atomic mass is 10.4. The topological polar surface area (TPSA) is 37.8 Å². The highest BCUT2D eigenvalue weighted by Gasteiger charge is 2.02. The minimum absolute atomic E-state index is 0.748. The van der Waals surface area contributed by atoms with Crippen molar-refractivity contribution in [1.82, 2.24) is 9.97 Å². The first-order chi connectivity index (χ1) is 8.67. The monoisotopic (exact) mass is 279 g/mol. The lowest BCUT2D eigenvalue weighted by molar-refractivity contribution is 0.996. The lowest BCUT2D eigenvalue weighted by Crippen LogP contribution is -2.00. The molecule has 0 aliphatic carbocycles. The molecular formula is C13H14ClN3S. The Morgan fingerprint density at radius 3 is 2.61 bits per heavy atom. The van der Waals surface area contributed by atoms with E-state index in [1.165, 1.54) is 0 Å². The molecule has 0 saturated heterocycles. The lowest BCUT2D eigenvalue weighted by Gasteiger charge is -2.05. The molecule has 2 aromatic rings. The third-order valence-electron chi connectivity index (χ3n) is 2.34. The summed E-state index contributed by atoms with van der Waals surface area (Å²) < 4.78 is 0. The zero-order valence-corrected chi connectivity index (χ0v) is 11.8. The summed E-state index contributed by atoms with van der Waals surface area (Å²) in [5.41, 5.74) is 0.973. The molecular weight excluding hydrogens is 266 g/mol. The third-order valence-corrected chi connectivity index (χ3v) is 3.60. The molecule has 1 aromatic carbocycles. The third kappa shape index (κ3) is 3.62. The molecule has 0 bridgehead atoms. The smallest absolute Gasteiger partial charge is 0.141 e. The average molecular weight is 280 g/mol. The Morgan fingerprint density at radius 1 is 1.22 bits per heavy atom. The van der Waals surface area contributed by atoms with E-state index in [0.29, 0.717) is 0 Å². The van der Waals surface area contributed by atoms with Crippen LogP contribution in [0.3, 0.4) is 0 Å². The van der Waals surface area contributed by atoms with Crippen molar-refractivity contribution >= 4 is 29.2 Å². The van der Waals surface area contributed by atoms with Crippen molar-refractivity contribution in [2.24, 2.45) is 0 Å². The van der Waals surface area contributed by atoms with Crippen molar-refractivity contribution in [3.05, 3.63) is 46.9 Å². The molecule has 0 unspecified atom stereocenters. The maximum Gasteiger partial charge on any atom is 0.141 e. The van der Waals surface area contributed by atoms with E-state index in [2.05, 4.69) is 15.3 Å². The molecule has 0 aliphatic rings. The summed E-state index contributed by atoms with van der Waals surface area (Å²) in [5, 5.41) is 3.79. The minimum atomic E-state index is 0.748. The number of aromatic nitrogens is 2. The molecule has 1 N–H and O–H groups in total. The average Bonchev–Trinajstić information content (AvgIpc) is 2.37. The van der Waals surface area contributed by atoms with Crippen LogP contribution in [0.25, 0.3) is 0 Å². The molecule has 1 heterocycles. The van der Waals surface area contributed by atoms with Gasteiger partial charge >= 0.3 is 0 Å². The molecule has 0 atom stereocenters. The van der Waals surface area contributed by atoms with E-state index in [4.69, 9.17) is 11.6 Å². The van der Waals surface area contributed by atoms with Gasteiger partial charge in [0.2, 0.25) is 0 Å². The molecule has 0 spiro atoms. The van der Waals surface area contributed by atoms with Gasteiger partial charge in [0.15, 0.2) is 0 Å². The standard InChI is InChI=1S/C13H14ClN3S/c1-9-7-12(15-2)17-13(16-9)8-18-11-5-3-10(14)4-6-11/h3-7H,8H2,1-2H3,(H,15,16,17). The quantitative estimate of drug-likeness (QED) is 0.865. The molecule has 2 rings (SSSR count). The molecule has 1 aromatic heterocycles. The van der Waals surface area contributed by atoms with Crippen molar-refractivity contribution in [1.29, 1.82) is 0 Å². The van der Waals surface area contributed by atoms with Crippen LogP contribution in [0.1, 0.15) is 11.5 Å². The number of nitrogens with one attached hydrogen (secondary N) is 1. The molecule has 94 valence electrons. The minimum Gasteiger partial charge on any atom is -0.373 e. The van der Waals surface area contributed by atoms with Gasteiger partial charge in [-0.2, -0.15) is 0 Å². The maximum atomic E-state index is 5.85. The number of hydrogen-bond acceptors (Lipinski definition) is 4. The van der Waals surface area contributed by atoms with E-state index in [9.17, 15) is 0 Å². The fourth-order valence-corrected chi connectivity index (χ4v) is 2.38. The van der Waals surface area contributed by atoms with Gasteiger partial charge < -0.3 is 5.32 Å². The Bertz CT molecular complexity index is 528. The molecule has 18 heavy (non-hydrogen) atoms. The number of benzene rings is 1. The summed E-state index contributed by atoms with van der Waals surface area (Å²) in [4.78, 5) is 9.99. The van der Waals surface area contributed by atoms with Gasteiger partial charge in [-0.3, -0.25) is 0 Å². The van der Waals surface area contributed by atoms with E-state index >= 15 is 0 Å². The molecule has 0 amide bonds. The second kappa shape index (κ2) is 6.07. The van der Waals surface area contributed by atoms with E-state index in [-0.39, 0.29) is 0 Å². The number of rotatable bonds is 4. The van der Waals surface area contributed by atoms with Gasteiger partial charge in [-0.1, -0.05) is 11.6 Å². The van der Waals surface area contributed by atoms with Gasteiger partial charge in [0.1, 0.15) is 11.6 Å². The van der Waals surface area contributed by atoms with Gasteiger partial charge in [-0.25, -0.2) is 9.97 Å². The van der Waals surface area contributed by atoms with Gasteiger partial charge in [0.25, 0.3) is 0 Å². The van der Waals surface area contributed by atoms with Crippen molar-refractivity contribution in [2.75, 3.05) is 12.4 Å². The Hall–Kier alpha value is -1.26. The first kappa shape index (κ1) is 13.2. The van der Waals surface area contributed by atoms with Crippen LogP contribution in [0.4, 0.5) is 5.82 Å². The number of aryl methyl sites for hydroxylation is 1. The normalized spacial score (nSPS) is 10.4. The summed E-state index contributed by atoms with van der Waals surface area (Å²) in [6, 6.07) is 9.71. The van der Waals surface area contributed by atoms with E-state index in [0.717, 1.165) is 33.0 Å². The summed E-state index contributed by atoms with van der Waals surface area (Å²) in [6.07, 6.45) is 0. The summed E-state index contributed by atoms with van der Waals surface area (Å²) >= 11 is 7.55. The van der Waals surface area contributed by atoms with Gasteiger partial charge in [0.05, 0.1) is 5.75 Å². The first-order valence-corrected chi connectivity index (χ1v) is 6.94. The molecule has 0 radical (unpaired) electrons. The summed E-state index contributed by atoms with van der Waals surface area (Å²) in [5.74, 6) is 2.44. The second-order valence-corrected chi connectivity index (χ2v) is 5.29. The van der Waals surface area contributed by atoms with E-state index < -0.39 is 0 Å². The van der Waals surface area contributed by atoms with Crippen LogP contribution in [-0.2, 0) is 5.75 Å². The van der Waals surface area contributed by atoms with Crippen LogP contribution in [0.2, 0.25) is 5.02 Å². The van der Waals surface area contributed by atoms with Crippen molar-refractivity contribution in [3.8, 4) is 0 Å². The van der Waals surface area contributed by atoms with Gasteiger partial charge in [-0.05, 0) is 31.2 Å². The zero-order chi connectivity index (χ0) is 13.0. The highest BCUT2D eigenvalue weighted by Crippen LogP contribution is 2.23. The van der Waals surface area contributed by atoms with Crippen LogP contribution >= 0.6 is 23.4 Å². The van der Waals surface area contributed by atoms with Gasteiger partial charge in [0, 0.05) is 28.7 Å². The highest BCUT2D eigenvalue weighted by molar-refractivity contribution is 7.98. The Labute approximate surface area is 116 Å². The Morgan fingerprint density at radius 2 is 1.94 bits per heavy atom. The second-order valence-electron chi connectivity index (χ2n) is 3.80. The predicted octanol–water partition coefficient (Wildman–Crippen LogP) is 3.77. The molecule has 3 nitrogen and oxygen atoms in total.